The van der Waals surface area contributed by atoms with Gasteiger partial charge < -0.3 is 0 Å². The summed E-state index contributed by atoms with van der Waals surface area (Å²) in [6.45, 7) is 3.96. The largest absolute Gasteiger partial charge is 0.353 e. The molecule has 3 aromatic carbocycles. The zero-order valence-corrected chi connectivity index (χ0v) is 20.5. The van der Waals surface area contributed by atoms with Gasteiger partial charge in [0, 0.05) is 35.4 Å². The SMILES string of the molecule is Cc1cc(-c2ccccc2)cc(C=Cc2ccc(C=Cc3cc(-c4ccccc4)cc(C)[o+]3)cc2)[o+]1. The van der Waals surface area contributed by atoms with Crippen LogP contribution in [-0.2, 0) is 0 Å². The third-order valence-electron chi connectivity index (χ3n) is 5.90. The van der Waals surface area contributed by atoms with E-state index < -0.39 is 0 Å². The van der Waals surface area contributed by atoms with Crippen LogP contribution in [0.3, 0.4) is 0 Å². The fourth-order valence-corrected chi connectivity index (χ4v) is 4.15. The van der Waals surface area contributed by atoms with Crippen LogP contribution in [0.1, 0.15) is 34.2 Å². The Morgan fingerprint density at radius 1 is 0.417 bits per heavy atom. The first-order chi connectivity index (χ1) is 17.6. The molecule has 2 nitrogen and oxygen atoms in total. The molecule has 0 aliphatic rings. The first-order valence-electron chi connectivity index (χ1n) is 12.1. The van der Waals surface area contributed by atoms with Crippen LogP contribution >= 0.6 is 0 Å². The van der Waals surface area contributed by atoms with Gasteiger partial charge in [-0.25, -0.2) is 8.83 Å². The van der Waals surface area contributed by atoms with Gasteiger partial charge in [0.25, 0.3) is 0 Å². The Balaban J connectivity index is 1.30. The van der Waals surface area contributed by atoms with Crippen molar-refractivity contribution < 1.29 is 8.83 Å². The molecule has 2 heteroatoms. The second-order valence-electron chi connectivity index (χ2n) is 8.78. The van der Waals surface area contributed by atoms with Crippen molar-refractivity contribution in [2.75, 3.05) is 0 Å². The summed E-state index contributed by atoms with van der Waals surface area (Å²) in [5.41, 5.74) is 6.87. The van der Waals surface area contributed by atoms with E-state index in [2.05, 4.69) is 109 Å². The van der Waals surface area contributed by atoms with Crippen LogP contribution in [-0.4, -0.2) is 0 Å². The van der Waals surface area contributed by atoms with E-state index >= 15 is 0 Å². The predicted octanol–water partition coefficient (Wildman–Crippen LogP) is 9.73. The van der Waals surface area contributed by atoms with E-state index in [0.717, 1.165) is 45.3 Å². The van der Waals surface area contributed by atoms with Gasteiger partial charge in [-0.3, -0.25) is 0 Å². The zero-order chi connectivity index (χ0) is 24.7. The summed E-state index contributed by atoms with van der Waals surface area (Å²) in [5, 5.41) is 0. The molecule has 174 valence electrons. The molecule has 0 bridgehead atoms. The number of hydrogen-bond donors (Lipinski definition) is 0. The molecular formula is C34H28O2+2. The molecular weight excluding hydrogens is 440 g/mol. The summed E-state index contributed by atoms with van der Waals surface area (Å²) in [4.78, 5) is 0. The van der Waals surface area contributed by atoms with Crippen LogP contribution in [0.4, 0.5) is 0 Å². The van der Waals surface area contributed by atoms with Crippen molar-refractivity contribution in [1.29, 1.82) is 0 Å². The van der Waals surface area contributed by atoms with Crippen LogP contribution in [0, 0.1) is 13.8 Å². The fraction of sp³-hybridized carbons (Fsp3) is 0.0588. The molecule has 0 unspecified atom stereocenters. The number of benzene rings is 3. The summed E-state index contributed by atoms with van der Waals surface area (Å²) >= 11 is 0. The van der Waals surface area contributed by atoms with Crippen LogP contribution in [0.5, 0.6) is 0 Å². The van der Waals surface area contributed by atoms with Gasteiger partial charge in [0.15, 0.2) is 0 Å². The molecule has 0 atom stereocenters. The normalized spacial score (nSPS) is 11.4. The van der Waals surface area contributed by atoms with Gasteiger partial charge in [-0.2, -0.15) is 0 Å². The maximum atomic E-state index is 5.92. The van der Waals surface area contributed by atoms with Gasteiger partial charge in [-0.1, -0.05) is 84.9 Å². The summed E-state index contributed by atoms with van der Waals surface area (Å²) in [6.07, 6.45) is 8.17. The quantitative estimate of drug-likeness (QED) is 0.231. The Bertz CT molecular complexity index is 1400. The Morgan fingerprint density at radius 3 is 1.19 bits per heavy atom. The average molecular weight is 469 g/mol. The molecule has 0 saturated heterocycles. The highest BCUT2D eigenvalue weighted by Crippen LogP contribution is 2.25. The third kappa shape index (κ3) is 5.92. The molecule has 0 fully saturated rings. The van der Waals surface area contributed by atoms with Crippen molar-refractivity contribution in [1.82, 2.24) is 0 Å². The lowest BCUT2D eigenvalue weighted by Gasteiger charge is -1.99. The molecule has 2 aromatic heterocycles. The number of rotatable bonds is 6. The lowest BCUT2D eigenvalue weighted by molar-refractivity contribution is 0.507. The van der Waals surface area contributed by atoms with Crippen molar-refractivity contribution in [3.05, 3.63) is 143 Å². The zero-order valence-electron chi connectivity index (χ0n) is 20.5. The third-order valence-corrected chi connectivity index (χ3v) is 5.90. The maximum Gasteiger partial charge on any atom is 0.353 e. The molecule has 5 rings (SSSR count). The van der Waals surface area contributed by atoms with Crippen molar-refractivity contribution in [3.8, 4) is 22.3 Å². The predicted molar refractivity (Wildman–Crippen MR) is 151 cm³/mol. The van der Waals surface area contributed by atoms with E-state index in [-0.39, 0.29) is 0 Å². The lowest BCUT2D eigenvalue weighted by atomic mass is 10.1. The van der Waals surface area contributed by atoms with Crippen molar-refractivity contribution in [2.45, 2.75) is 13.8 Å². The Hall–Kier alpha value is -4.56. The van der Waals surface area contributed by atoms with Gasteiger partial charge in [0.1, 0.15) is 0 Å². The molecule has 2 heterocycles. The van der Waals surface area contributed by atoms with E-state index in [1.54, 1.807) is 0 Å². The minimum atomic E-state index is 0.827. The second-order valence-corrected chi connectivity index (χ2v) is 8.78. The summed E-state index contributed by atoms with van der Waals surface area (Å²) in [7, 11) is 0. The highest BCUT2D eigenvalue weighted by atomic mass is 16.3. The molecule has 0 amide bonds. The van der Waals surface area contributed by atoms with Crippen LogP contribution in [0.2, 0.25) is 0 Å². The molecule has 5 aromatic rings. The molecule has 0 N–H and O–H groups in total. The number of hydrogen-bond acceptors (Lipinski definition) is 0. The van der Waals surface area contributed by atoms with E-state index in [4.69, 9.17) is 8.83 Å². The number of aryl methyl sites for hydroxylation is 2. The molecule has 0 saturated carbocycles. The van der Waals surface area contributed by atoms with Gasteiger partial charge in [0.2, 0.25) is 0 Å². The van der Waals surface area contributed by atoms with E-state index in [1.165, 1.54) is 11.1 Å². The minimum Gasteiger partial charge on any atom is -0.213 e. The van der Waals surface area contributed by atoms with E-state index in [1.807, 2.05) is 38.1 Å². The summed E-state index contributed by atoms with van der Waals surface area (Å²) in [6, 6.07) is 37.4. The first-order valence-corrected chi connectivity index (χ1v) is 12.1. The fourth-order valence-electron chi connectivity index (χ4n) is 4.15. The van der Waals surface area contributed by atoms with Gasteiger partial charge in [0.05, 0.1) is 26.0 Å². The summed E-state index contributed by atoms with van der Waals surface area (Å²) in [5.74, 6) is 3.42. The standard InChI is InChI=1S/C34H28O2/c1-25-21-31(29-9-5-3-6-10-29)23-33(35-25)19-17-27-13-15-28(16-14-27)18-20-34-24-32(22-26(2)36-34)30-11-7-4-8-12-30/h3-24H,1-2H3/q+2. The molecule has 36 heavy (non-hydrogen) atoms. The van der Waals surface area contributed by atoms with Crippen molar-refractivity contribution in [2.24, 2.45) is 0 Å². The van der Waals surface area contributed by atoms with Crippen LogP contribution in [0.15, 0.2) is 118 Å². The lowest BCUT2D eigenvalue weighted by Crippen LogP contribution is -1.83. The highest BCUT2D eigenvalue weighted by molar-refractivity contribution is 5.74. The Labute approximate surface area is 212 Å². The van der Waals surface area contributed by atoms with Crippen LogP contribution < -0.4 is 0 Å². The molecule has 0 radical (unpaired) electrons. The summed E-state index contributed by atoms with van der Waals surface area (Å²) < 4.78 is 11.8. The smallest absolute Gasteiger partial charge is 0.213 e. The second kappa shape index (κ2) is 10.8. The molecule has 0 aliphatic carbocycles. The average Bonchev–Trinajstić information content (AvgIpc) is 2.92. The Morgan fingerprint density at radius 2 is 0.806 bits per heavy atom. The Kier molecular flexibility index (Phi) is 6.95. The van der Waals surface area contributed by atoms with E-state index in [0.29, 0.717) is 0 Å². The van der Waals surface area contributed by atoms with Crippen molar-refractivity contribution in [3.63, 3.8) is 0 Å². The van der Waals surface area contributed by atoms with Gasteiger partial charge in [-0.05, 0) is 34.4 Å². The molecule has 0 spiro atoms. The first kappa shape index (κ1) is 23.2. The minimum absolute atomic E-state index is 0.827. The van der Waals surface area contributed by atoms with Gasteiger partial charge in [-0.15, -0.1) is 0 Å². The van der Waals surface area contributed by atoms with Crippen LogP contribution in [0.25, 0.3) is 46.6 Å². The highest BCUT2D eigenvalue weighted by Gasteiger charge is 2.12. The topological polar surface area (TPSA) is 22.6 Å². The maximum absolute atomic E-state index is 5.92. The van der Waals surface area contributed by atoms with Crippen molar-refractivity contribution >= 4 is 24.3 Å². The van der Waals surface area contributed by atoms with E-state index in [9.17, 15) is 0 Å². The van der Waals surface area contributed by atoms with Gasteiger partial charge >= 0.3 is 23.0 Å². The molecule has 0 aliphatic heterocycles. The monoisotopic (exact) mass is 468 g/mol.